The van der Waals surface area contributed by atoms with Crippen molar-refractivity contribution >= 4 is 26.1 Å². The molecule has 1 aromatic carbocycles. The van der Waals surface area contributed by atoms with Crippen LogP contribution in [0.4, 0.5) is 0 Å². The molecule has 0 aliphatic heterocycles. The molecule has 0 aliphatic carbocycles. The molecule has 0 aliphatic rings. The average molecular weight is 403 g/mol. The number of hydrogen-bond acceptors (Lipinski definition) is 3. The summed E-state index contributed by atoms with van der Waals surface area (Å²) in [4.78, 5) is 4.12. The maximum atomic E-state index is 10.0. The Hall–Kier alpha value is -1.20. The summed E-state index contributed by atoms with van der Waals surface area (Å²) in [6.45, 7) is 0. The molecular weight excluding hydrogens is 395 g/mol. The van der Waals surface area contributed by atoms with Crippen LogP contribution in [-0.4, -0.2) is 38.5 Å². The van der Waals surface area contributed by atoms with E-state index in [2.05, 4.69) is 4.98 Å². The molecule has 1 atom stereocenters. The van der Waals surface area contributed by atoms with Crippen molar-refractivity contribution in [2.75, 3.05) is 0 Å². The van der Waals surface area contributed by atoms with Crippen LogP contribution in [0.25, 0.3) is 0 Å². The van der Waals surface area contributed by atoms with Crippen molar-refractivity contribution in [3.05, 3.63) is 53.6 Å². The van der Waals surface area contributed by atoms with Gasteiger partial charge in [-0.3, -0.25) is 0 Å². The molecule has 5 heteroatoms. The fourth-order valence-electron chi connectivity index (χ4n) is 1.40. The Morgan fingerprint density at radius 1 is 1.38 bits per heavy atom. The fraction of sp³-hybridized carbons (Fsp3) is 0.0909. The minimum absolute atomic E-state index is 0.589. The van der Waals surface area contributed by atoms with E-state index in [1.54, 1.807) is 30.6 Å². The molecule has 0 saturated carbocycles. The third kappa shape index (κ3) is 2.31. The average Bonchev–Trinajstić information content (AvgIpc) is 2.75. The standard InChI is InChI=1S/C11H8N3O.Tl/c12-5-8-1-3-9(4-2-8)11(15)10-6-13-7-14-10;/h1-4,6-7,11,15H;/q-1;+1. The first-order chi connectivity index (χ1) is 7.70. The van der Waals surface area contributed by atoms with Gasteiger partial charge < -0.3 is 0 Å². The predicted molar refractivity (Wildman–Crippen MR) is 58.6 cm³/mol. The molecule has 0 radical (unpaired) electrons. The van der Waals surface area contributed by atoms with Crippen LogP contribution in [0.1, 0.15) is 22.9 Å². The number of benzene rings is 1. The first kappa shape index (κ1) is 11.3. The van der Waals surface area contributed by atoms with E-state index in [4.69, 9.17) is 5.26 Å². The molecule has 76 valence electrons. The van der Waals surface area contributed by atoms with E-state index in [1.807, 2.05) is 14.6 Å². The van der Waals surface area contributed by atoms with E-state index in [-0.39, 0.29) is 0 Å². The monoisotopic (exact) mass is 403 g/mol. The maximum absolute atomic E-state index is 10.0. The minimum atomic E-state index is -0.715. The molecule has 1 N–H and O–H groups in total. The molecule has 1 aromatic heterocycles. The van der Waals surface area contributed by atoms with E-state index >= 15 is 0 Å². The molecule has 1 heterocycles. The third-order valence-electron chi connectivity index (χ3n) is 2.26. The summed E-state index contributed by atoms with van der Waals surface area (Å²) < 4.78 is 1.95. The topological polar surface area (TPSA) is 61.8 Å². The van der Waals surface area contributed by atoms with Crippen LogP contribution in [0.2, 0.25) is 0 Å². The van der Waals surface area contributed by atoms with Crippen LogP contribution in [-0.2, 0) is 0 Å². The predicted octanol–water partition coefficient (Wildman–Crippen LogP) is 0.768. The molecule has 2 aromatic rings. The van der Waals surface area contributed by atoms with Gasteiger partial charge in [0.1, 0.15) is 0 Å². The van der Waals surface area contributed by atoms with Gasteiger partial charge in [0.25, 0.3) is 0 Å². The normalized spacial score (nSPS) is 11.9. The number of imidazole rings is 1. The zero-order chi connectivity index (χ0) is 11.5. The van der Waals surface area contributed by atoms with Crippen molar-refractivity contribution in [1.82, 2.24) is 7.36 Å². The summed E-state index contributed by atoms with van der Waals surface area (Å²) >= 11 is 0.652. The van der Waals surface area contributed by atoms with Gasteiger partial charge in [-0.05, 0) is 0 Å². The van der Waals surface area contributed by atoms with Gasteiger partial charge >= 0.3 is 110 Å². The van der Waals surface area contributed by atoms with Gasteiger partial charge in [0, 0.05) is 0 Å². The Bertz CT molecular complexity index is 527. The van der Waals surface area contributed by atoms with Gasteiger partial charge in [-0.15, -0.1) is 0 Å². The second-order valence-corrected chi connectivity index (χ2v) is 5.70. The summed E-state index contributed by atoms with van der Waals surface area (Å²) in [6, 6.07) is 8.92. The zero-order valence-electron chi connectivity index (χ0n) is 8.41. The van der Waals surface area contributed by atoms with E-state index in [9.17, 15) is 5.11 Å². The number of aliphatic hydroxyl groups is 1. The molecule has 0 fully saturated rings. The summed E-state index contributed by atoms with van der Waals surface area (Å²) in [7, 11) is 0. The Morgan fingerprint density at radius 3 is 2.56 bits per heavy atom. The summed E-state index contributed by atoms with van der Waals surface area (Å²) in [6.07, 6.45) is 2.84. The van der Waals surface area contributed by atoms with Gasteiger partial charge in [0.15, 0.2) is 0 Å². The van der Waals surface area contributed by atoms with Crippen LogP contribution in [0.5, 0.6) is 0 Å². The molecule has 16 heavy (non-hydrogen) atoms. The number of aliphatic hydroxyl groups excluding tert-OH is 1. The van der Waals surface area contributed by atoms with Gasteiger partial charge in [0.2, 0.25) is 0 Å². The molecule has 2 rings (SSSR count). The van der Waals surface area contributed by atoms with Crippen LogP contribution in [0.15, 0.2) is 36.8 Å². The van der Waals surface area contributed by atoms with Gasteiger partial charge in [-0.2, -0.15) is 0 Å². The van der Waals surface area contributed by atoms with Crippen LogP contribution < -0.4 is 0 Å². The Labute approximate surface area is 109 Å². The molecule has 1 unspecified atom stereocenters. The first-order valence-corrected chi connectivity index (χ1v) is 6.68. The van der Waals surface area contributed by atoms with Gasteiger partial charge in [0.05, 0.1) is 0 Å². The third-order valence-corrected chi connectivity index (χ3v) is 3.35. The van der Waals surface area contributed by atoms with Crippen molar-refractivity contribution in [3.8, 4) is 6.07 Å². The summed E-state index contributed by atoms with van der Waals surface area (Å²) in [5.41, 5.74) is 1.99. The quantitative estimate of drug-likeness (QED) is 0.755. The van der Waals surface area contributed by atoms with Crippen molar-refractivity contribution in [2.24, 2.45) is 0 Å². The molecular formula is C11H8N3OTl. The number of rotatable bonds is 2. The van der Waals surface area contributed by atoms with Crippen molar-refractivity contribution < 1.29 is 5.11 Å². The number of hydrogen-bond donors (Lipinski definition) is 1. The summed E-state index contributed by atoms with van der Waals surface area (Å²) in [5, 5.41) is 18.7. The molecule has 0 saturated heterocycles. The molecule has 0 bridgehead atoms. The van der Waals surface area contributed by atoms with E-state index in [0.29, 0.717) is 37.3 Å². The number of aromatic nitrogens is 2. The Kier molecular flexibility index (Phi) is 3.36. The zero-order valence-corrected chi connectivity index (χ0v) is 12.9. The Balaban J connectivity index is 2.27. The molecule has 4 nitrogen and oxygen atoms in total. The molecule has 0 amide bonds. The van der Waals surface area contributed by atoms with Crippen molar-refractivity contribution in [2.45, 2.75) is 6.10 Å². The van der Waals surface area contributed by atoms with Crippen molar-refractivity contribution in [3.63, 3.8) is 0 Å². The second-order valence-electron chi connectivity index (χ2n) is 3.38. The molecule has 0 spiro atoms. The number of nitrogens with zero attached hydrogens (tertiary/aromatic N) is 3. The van der Waals surface area contributed by atoms with E-state index in [0.717, 1.165) is 5.56 Å². The Morgan fingerprint density at radius 2 is 2.06 bits per heavy atom. The van der Waals surface area contributed by atoms with Crippen LogP contribution in [0, 0.1) is 11.3 Å². The van der Waals surface area contributed by atoms with Gasteiger partial charge in [-0.1, -0.05) is 0 Å². The summed E-state index contributed by atoms with van der Waals surface area (Å²) in [5.74, 6) is 0. The first-order valence-electron chi connectivity index (χ1n) is 4.68. The SMILES string of the molecule is N#Cc1ccc(C(O)c2c[n]([Tl])cn2)cc1. The van der Waals surface area contributed by atoms with Gasteiger partial charge in [-0.25, -0.2) is 0 Å². The van der Waals surface area contributed by atoms with Crippen LogP contribution in [0.3, 0.4) is 0 Å². The number of nitriles is 1. The van der Waals surface area contributed by atoms with E-state index in [1.165, 1.54) is 0 Å². The van der Waals surface area contributed by atoms with E-state index < -0.39 is 6.10 Å². The van der Waals surface area contributed by atoms with Crippen LogP contribution >= 0.6 is 0 Å². The van der Waals surface area contributed by atoms with Crippen molar-refractivity contribution in [1.29, 1.82) is 5.26 Å². The second kappa shape index (κ2) is 4.76. The fourth-order valence-corrected chi connectivity index (χ4v) is 2.26.